The number of hydrogen-bond acceptors (Lipinski definition) is 6. The summed E-state index contributed by atoms with van der Waals surface area (Å²) in [5.74, 6) is 0.653. The van der Waals surface area contributed by atoms with Crippen LogP contribution in [0.15, 0.2) is 48.7 Å². The lowest BCUT2D eigenvalue weighted by Gasteiger charge is -2.27. The smallest absolute Gasteiger partial charge is 0.228 e. The molecule has 1 N–H and O–H groups in total. The number of hydrogen-bond donors (Lipinski definition) is 1. The van der Waals surface area contributed by atoms with Crippen molar-refractivity contribution in [3.63, 3.8) is 0 Å². The molecule has 2 aromatic heterocycles. The topological polar surface area (TPSA) is 95.3 Å². The normalized spacial score (nSPS) is 13.5. The van der Waals surface area contributed by atoms with Crippen molar-refractivity contribution in [1.82, 2.24) is 9.88 Å². The summed E-state index contributed by atoms with van der Waals surface area (Å²) in [6.45, 7) is 5.51. The lowest BCUT2D eigenvalue weighted by molar-refractivity contribution is -0.131. The van der Waals surface area contributed by atoms with Crippen LogP contribution in [-0.4, -0.2) is 34.8 Å². The number of aromatic nitrogens is 1. The fraction of sp³-hybridized carbons (Fsp3) is 0.333. The summed E-state index contributed by atoms with van der Waals surface area (Å²) in [5.41, 5.74) is 3.22. The molecule has 3 aromatic rings. The van der Waals surface area contributed by atoms with Crippen LogP contribution in [0.5, 0.6) is 5.75 Å². The number of carbonyl (C=O) groups excluding carboxylic acids is 2. The van der Waals surface area contributed by atoms with Crippen LogP contribution in [0.4, 0.5) is 5.00 Å². The molecule has 1 atom stereocenters. The molecule has 0 aliphatic carbocycles. The Morgan fingerprint density at radius 1 is 1.29 bits per heavy atom. The van der Waals surface area contributed by atoms with Crippen molar-refractivity contribution in [1.29, 1.82) is 5.26 Å². The van der Waals surface area contributed by atoms with E-state index in [2.05, 4.69) is 16.4 Å². The lowest BCUT2D eigenvalue weighted by Crippen LogP contribution is -2.36. The van der Waals surface area contributed by atoms with Gasteiger partial charge in [-0.15, -0.1) is 11.3 Å². The van der Waals surface area contributed by atoms with Gasteiger partial charge < -0.3 is 15.0 Å². The Morgan fingerprint density at radius 3 is 2.89 bits per heavy atom. The Morgan fingerprint density at radius 2 is 2.14 bits per heavy atom. The molecule has 0 radical (unpaired) electrons. The second kappa shape index (κ2) is 11.2. The van der Waals surface area contributed by atoms with Gasteiger partial charge >= 0.3 is 0 Å². The number of thiophene rings is 1. The number of fused-ring (bicyclic) bond motifs is 1. The van der Waals surface area contributed by atoms with E-state index in [0.29, 0.717) is 36.7 Å². The number of carbonyl (C=O) groups is 2. The summed E-state index contributed by atoms with van der Waals surface area (Å²) in [6.07, 6.45) is 2.82. The molecule has 7 nitrogen and oxygen atoms in total. The number of benzene rings is 1. The molecule has 0 spiro atoms. The minimum absolute atomic E-state index is 0.00441. The van der Waals surface area contributed by atoms with Gasteiger partial charge in [-0.2, -0.15) is 5.26 Å². The van der Waals surface area contributed by atoms with Crippen LogP contribution in [0.1, 0.15) is 53.4 Å². The van der Waals surface area contributed by atoms with Crippen molar-refractivity contribution in [2.45, 2.75) is 45.6 Å². The van der Waals surface area contributed by atoms with E-state index in [9.17, 15) is 14.9 Å². The Hall–Kier alpha value is -3.70. The number of nitrogens with zero attached hydrogens (tertiary/aromatic N) is 3. The zero-order valence-electron chi connectivity index (χ0n) is 19.9. The Labute approximate surface area is 209 Å². The molecule has 1 aromatic carbocycles. The molecule has 2 amide bonds. The first-order valence-electron chi connectivity index (χ1n) is 11.7. The zero-order valence-corrected chi connectivity index (χ0v) is 20.7. The van der Waals surface area contributed by atoms with E-state index in [1.54, 1.807) is 11.1 Å². The maximum atomic E-state index is 12.8. The summed E-state index contributed by atoms with van der Waals surface area (Å²) in [7, 11) is 0. The van der Waals surface area contributed by atoms with Gasteiger partial charge in [-0.05, 0) is 54.7 Å². The van der Waals surface area contributed by atoms with E-state index >= 15 is 0 Å². The van der Waals surface area contributed by atoms with Crippen molar-refractivity contribution in [2.75, 3.05) is 18.5 Å². The van der Waals surface area contributed by atoms with Gasteiger partial charge in [0.1, 0.15) is 16.8 Å². The third kappa shape index (κ3) is 5.87. The van der Waals surface area contributed by atoms with Crippen LogP contribution in [0.25, 0.3) is 0 Å². The first-order valence-corrected chi connectivity index (χ1v) is 12.5. The number of amides is 2. The van der Waals surface area contributed by atoms with Crippen LogP contribution in [0.2, 0.25) is 0 Å². The molecular formula is C27H28N4O3S. The van der Waals surface area contributed by atoms with E-state index in [1.165, 1.54) is 11.3 Å². The Balaban J connectivity index is 1.41. The third-order valence-corrected chi connectivity index (χ3v) is 7.19. The highest BCUT2D eigenvalue weighted by atomic mass is 32.1. The van der Waals surface area contributed by atoms with Crippen LogP contribution >= 0.6 is 11.3 Å². The monoisotopic (exact) mass is 488 g/mol. The predicted molar refractivity (Wildman–Crippen MR) is 135 cm³/mol. The first kappa shape index (κ1) is 24.4. The summed E-state index contributed by atoms with van der Waals surface area (Å²) < 4.78 is 5.57. The van der Waals surface area contributed by atoms with Crippen LogP contribution in [-0.2, 0) is 29.0 Å². The number of pyridine rings is 1. The van der Waals surface area contributed by atoms with Crippen LogP contribution < -0.4 is 10.1 Å². The molecule has 3 heterocycles. The molecule has 0 saturated heterocycles. The lowest BCUT2D eigenvalue weighted by atomic mass is 9.97. The maximum Gasteiger partial charge on any atom is 0.228 e. The number of rotatable bonds is 8. The quantitative estimate of drug-likeness (QED) is 0.497. The number of ether oxygens (including phenoxy) is 1. The average molecular weight is 489 g/mol. The van der Waals surface area contributed by atoms with E-state index in [4.69, 9.17) is 4.74 Å². The van der Waals surface area contributed by atoms with E-state index < -0.39 is 0 Å². The minimum Gasteiger partial charge on any atom is -0.494 e. The molecule has 180 valence electrons. The van der Waals surface area contributed by atoms with Crippen molar-refractivity contribution in [3.8, 4) is 11.8 Å². The van der Waals surface area contributed by atoms with E-state index in [0.717, 1.165) is 27.4 Å². The second-order valence-electron chi connectivity index (χ2n) is 8.54. The summed E-state index contributed by atoms with van der Waals surface area (Å²) >= 11 is 1.39. The van der Waals surface area contributed by atoms with Gasteiger partial charge in [0.2, 0.25) is 11.8 Å². The van der Waals surface area contributed by atoms with Gasteiger partial charge in [-0.3, -0.25) is 14.6 Å². The fourth-order valence-electron chi connectivity index (χ4n) is 4.24. The average Bonchev–Trinajstić information content (AvgIpc) is 3.20. The fourth-order valence-corrected chi connectivity index (χ4v) is 5.47. The summed E-state index contributed by atoms with van der Waals surface area (Å²) in [6, 6.07) is 15.6. The van der Waals surface area contributed by atoms with E-state index in [-0.39, 0.29) is 30.6 Å². The van der Waals surface area contributed by atoms with Gasteiger partial charge in [-0.1, -0.05) is 25.1 Å². The largest absolute Gasteiger partial charge is 0.494 e. The van der Waals surface area contributed by atoms with Crippen molar-refractivity contribution in [3.05, 3.63) is 75.9 Å². The highest BCUT2D eigenvalue weighted by Crippen LogP contribution is 2.37. The van der Waals surface area contributed by atoms with Gasteiger partial charge in [-0.25, -0.2) is 0 Å². The van der Waals surface area contributed by atoms with E-state index in [1.807, 2.05) is 56.3 Å². The SMILES string of the molecule is CCOc1cccc([C@@H](C)CC(=O)Nc2sc3c(c2C#N)CCN(C(=O)Cc2ccccn2)C3)c1. The van der Waals surface area contributed by atoms with Crippen molar-refractivity contribution in [2.24, 2.45) is 0 Å². The molecule has 0 unspecified atom stereocenters. The first-order chi connectivity index (χ1) is 17.0. The van der Waals surface area contributed by atoms with Gasteiger partial charge in [0.25, 0.3) is 0 Å². The summed E-state index contributed by atoms with van der Waals surface area (Å²) in [5, 5.41) is 13.3. The third-order valence-electron chi connectivity index (χ3n) is 6.06. The minimum atomic E-state index is -0.141. The van der Waals surface area contributed by atoms with Crippen LogP contribution in [0.3, 0.4) is 0 Å². The summed E-state index contributed by atoms with van der Waals surface area (Å²) in [4.78, 5) is 32.6. The Kier molecular flexibility index (Phi) is 7.78. The number of nitrogens with one attached hydrogen (secondary N) is 1. The zero-order chi connectivity index (χ0) is 24.8. The molecule has 1 aliphatic heterocycles. The molecular weight excluding hydrogens is 460 g/mol. The molecule has 0 fully saturated rings. The van der Waals surface area contributed by atoms with Crippen molar-refractivity contribution < 1.29 is 14.3 Å². The standard InChI is InChI=1S/C27H28N4O3S/c1-3-34-21-9-6-7-19(14-21)18(2)13-25(32)30-27-23(16-28)22-10-12-31(17-24(22)35-27)26(33)15-20-8-4-5-11-29-20/h4-9,11,14,18H,3,10,12-13,15,17H2,1-2H3,(H,30,32)/t18-/m0/s1. The highest BCUT2D eigenvalue weighted by Gasteiger charge is 2.28. The molecule has 35 heavy (non-hydrogen) atoms. The predicted octanol–water partition coefficient (Wildman–Crippen LogP) is 4.67. The van der Waals surface area contributed by atoms with Gasteiger partial charge in [0, 0.05) is 29.7 Å². The molecule has 8 heteroatoms. The molecule has 0 bridgehead atoms. The Bertz CT molecular complexity index is 1250. The molecule has 4 rings (SSSR count). The number of nitriles is 1. The van der Waals surface area contributed by atoms with Crippen molar-refractivity contribution >= 4 is 28.2 Å². The maximum absolute atomic E-state index is 12.8. The molecule has 1 aliphatic rings. The number of anilines is 1. The van der Waals surface area contributed by atoms with Crippen LogP contribution in [0, 0.1) is 11.3 Å². The second-order valence-corrected chi connectivity index (χ2v) is 9.65. The molecule has 0 saturated carbocycles. The highest BCUT2D eigenvalue weighted by molar-refractivity contribution is 7.16. The van der Waals surface area contributed by atoms with Gasteiger partial charge in [0.15, 0.2) is 0 Å². The van der Waals surface area contributed by atoms with Gasteiger partial charge in [0.05, 0.1) is 25.1 Å².